The van der Waals surface area contributed by atoms with Gasteiger partial charge in [0.2, 0.25) is 0 Å². The van der Waals surface area contributed by atoms with E-state index in [-0.39, 0.29) is 41.1 Å². The Morgan fingerprint density at radius 1 is 1.30 bits per heavy atom. The van der Waals surface area contributed by atoms with E-state index in [2.05, 4.69) is 27.4 Å². The van der Waals surface area contributed by atoms with Crippen molar-refractivity contribution in [2.75, 3.05) is 32.7 Å². The lowest BCUT2D eigenvalue weighted by Gasteiger charge is -2.30. The SMILES string of the molecule is CCNC(=NCc1ccccc1[N+](=O)[O-])NCCCN1CCC(C)CC1.I. The Morgan fingerprint density at radius 2 is 2.00 bits per heavy atom. The first-order valence-electron chi connectivity index (χ1n) is 9.57. The molecule has 0 radical (unpaired) electrons. The van der Waals surface area contributed by atoms with Crippen molar-refractivity contribution in [2.45, 2.75) is 39.7 Å². The number of nitrogens with zero attached hydrogens (tertiary/aromatic N) is 3. The minimum atomic E-state index is -0.356. The molecule has 0 atom stereocenters. The molecule has 1 heterocycles. The lowest BCUT2D eigenvalue weighted by atomic mass is 9.99. The molecule has 0 unspecified atom stereocenters. The second-order valence-corrected chi connectivity index (χ2v) is 6.89. The van der Waals surface area contributed by atoms with Gasteiger partial charge < -0.3 is 15.5 Å². The largest absolute Gasteiger partial charge is 0.357 e. The number of nitro groups is 1. The Balaban J connectivity index is 0.00000364. The molecule has 0 bridgehead atoms. The third-order valence-corrected chi connectivity index (χ3v) is 4.76. The lowest BCUT2D eigenvalue weighted by molar-refractivity contribution is -0.385. The summed E-state index contributed by atoms with van der Waals surface area (Å²) in [5.74, 6) is 1.57. The molecule has 1 saturated heterocycles. The number of hydrogen-bond acceptors (Lipinski definition) is 4. The van der Waals surface area contributed by atoms with Crippen LogP contribution in [0.2, 0.25) is 0 Å². The first-order valence-corrected chi connectivity index (χ1v) is 9.57. The Morgan fingerprint density at radius 3 is 2.67 bits per heavy atom. The second kappa shape index (κ2) is 12.9. The van der Waals surface area contributed by atoms with E-state index >= 15 is 0 Å². The molecule has 2 rings (SSSR count). The highest BCUT2D eigenvalue weighted by molar-refractivity contribution is 14.0. The number of nitrogens with one attached hydrogen (secondary N) is 2. The zero-order chi connectivity index (χ0) is 18.8. The fourth-order valence-electron chi connectivity index (χ4n) is 3.12. The monoisotopic (exact) mass is 489 g/mol. The predicted octanol–water partition coefficient (Wildman–Crippen LogP) is 3.39. The van der Waals surface area contributed by atoms with Gasteiger partial charge in [0.1, 0.15) is 0 Å². The number of rotatable bonds is 8. The van der Waals surface area contributed by atoms with Crippen LogP contribution in [0, 0.1) is 16.0 Å². The number of para-hydroxylation sites is 1. The van der Waals surface area contributed by atoms with Crippen LogP contribution < -0.4 is 10.6 Å². The maximum absolute atomic E-state index is 11.1. The Kier molecular flexibility index (Phi) is 11.3. The van der Waals surface area contributed by atoms with Crippen LogP contribution >= 0.6 is 24.0 Å². The molecule has 0 spiro atoms. The zero-order valence-electron chi connectivity index (χ0n) is 16.3. The Hall–Kier alpha value is -1.42. The molecule has 0 saturated carbocycles. The zero-order valence-corrected chi connectivity index (χ0v) is 18.6. The Labute approximate surface area is 179 Å². The van der Waals surface area contributed by atoms with Gasteiger partial charge in [-0.05, 0) is 51.7 Å². The number of nitro benzene ring substituents is 1. The van der Waals surface area contributed by atoms with E-state index in [9.17, 15) is 10.1 Å². The first kappa shape index (κ1) is 23.6. The quantitative estimate of drug-likeness (QED) is 0.146. The van der Waals surface area contributed by atoms with Crippen molar-refractivity contribution in [3.63, 3.8) is 0 Å². The molecule has 8 heteroatoms. The fourth-order valence-corrected chi connectivity index (χ4v) is 3.12. The van der Waals surface area contributed by atoms with Crippen LogP contribution in [0.25, 0.3) is 0 Å². The van der Waals surface area contributed by atoms with Crippen molar-refractivity contribution >= 4 is 35.6 Å². The van der Waals surface area contributed by atoms with Crippen LogP contribution in [0.3, 0.4) is 0 Å². The van der Waals surface area contributed by atoms with Gasteiger partial charge in [-0.1, -0.05) is 25.1 Å². The summed E-state index contributed by atoms with van der Waals surface area (Å²) in [5, 5.41) is 17.6. The highest BCUT2D eigenvalue weighted by atomic mass is 127. The van der Waals surface area contributed by atoms with Gasteiger partial charge in [0, 0.05) is 19.2 Å². The molecule has 1 aliphatic heterocycles. The maximum atomic E-state index is 11.1. The summed E-state index contributed by atoms with van der Waals surface area (Å²) in [6, 6.07) is 6.75. The summed E-state index contributed by atoms with van der Waals surface area (Å²) < 4.78 is 0. The van der Waals surface area contributed by atoms with E-state index in [1.165, 1.54) is 32.0 Å². The molecule has 0 aromatic heterocycles. The van der Waals surface area contributed by atoms with Crippen molar-refractivity contribution in [1.82, 2.24) is 15.5 Å². The number of aliphatic imine (C=N–C) groups is 1. The molecule has 0 amide bonds. The summed E-state index contributed by atoms with van der Waals surface area (Å²) in [5.41, 5.74) is 0.739. The Bertz CT molecular complexity index is 604. The number of benzene rings is 1. The molecule has 152 valence electrons. The van der Waals surface area contributed by atoms with E-state index in [0.29, 0.717) is 11.5 Å². The van der Waals surface area contributed by atoms with E-state index in [1.807, 2.05) is 6.92 Å². The van der Waals surface area contributed by atoms with Crippen LogP contribution in [0.15, 0.2) is 29.3 Å². The molecule has 0 aliphatic carbocycles. The molecular weight excluding hydrogens is 457 g/mol. The van der Waals surface area contributed by atoms with Crippen molar-refractivity contribution in [2.24, 2.45) is 10.9 Å². The van der Waals surface area contributed by atoms with Crippen molar-refractivity contribution in [3.8, 4) is 0 Å². The standard InChI is InChI=1S/C19H31N5O2.HI/c1-3-20-19(21-11-6-12-23-13-9-16(2)10-14-23)22-15-17-7-4-5-8-18(17)24(25)26;/h4-5,7-8,16H,3,6,9-15H2,1-2H3,(H2,20,21,22);1H. The molecule has 1 fully saturated rings. The van der Waals surface area contributed by atoms with Gasteiger partial charge in [0.15, 0.2) is 5.96 Å². The van der Waals surface area contributed by atoms with Crippen LogP contribution in [-0.2, 0) is 6.54 Å². The third-order valence-electron chi connectivity index (χ3n) is 4.76. The van der Waals surface area contributed by atoms with Gasteiger partial charge in [0.05, 0.1) is 17.0 Å². The highest BCUT2D eigenvalue weighted by Crippen LogP contribution is 2.18. The topological polar surface area (TPSA) is 82.8 Å². The molecular formula is C19H32IN5O2. The summed E-state index contributed by atoms with van der Waals surface area (Å²) in [6.45, 7) is 9.73. The van der Waals surface area contributed by atoms with E-state index in [0.717, 1.165) is 32.0 Å². The molecule has 2 N–H and O–H groups in total. The molecule has 7 nitrogen and oxygen atoms in total. The average Bonchev–Trinajstić information content (AvgIpc) is 2.64. The number of halogens is 1. The van der Waals surface area contributed by atoms with Gasteiger partial charge in [-0.2, -0.15) is 0 Å². The fraction of sp³-hybridized carbons (Fsp3) is 0.632. The maximum Gasteiger partial charge on any atom is 0.274 e. The van der Waals surface area contributed by atoms with E-state index in [4.69, 9.17) is 0 Å². The number of hydrogen-bond donors (Lipinski definition) is 2. The van der Waals surface area contributed by atoms with Gasteiger partial charge >= 0.3 is 0 Å². The first-order chi connectivity index (χ1) is 12.6. The smallest absolute Gasteiger partial charge is 0.274 e. The number of piperidine rings is 1. The minimum absolute atomic E-state index is 0. The molecule has 1 aromatic rings. The van der Waals surface area contributed by atoms with Crippen molar-refractivity contribution < 1.29 is 4.92 Å². The number of likely N-dealkylation sites (tertiary alicyclic amines) is 1. The van der Waals surface area contributed by atoms with Gasteiger partial charge in [0.25, 0.3) is 5.69 Å². The summed E-state index contributed by atoms with van der Waals surface area (Å²) in [7, 11) is 0. The summed E-state index contributed by atoms with van der Waals surface area (Å²) >= 11 is 0. The van der Waals surface area contributed by atoms with E-state index < -0.39 is 0 Å². The summed E-state index contributed by atoms with van der Waals surface area (Å²) in [4.78, 5) is 17.8. The van der Waals surface area contributed by atoms with Gasteiger partial charge in [-0.3, -0.25) is 10.1 Å². The van der Waals surface area contributed by atoms with Crippen LogP contribution in [-0.4, -0.2) is 48.5 Å². The van der Waals surface area contributed by atoms with Crippen LogP contribution in [0.5, 0.6) is 0 Å². The second-order valence-electron chi connectivity index (χ2n) is 6.89. The van der Waals surface area contributed by atoms with Crippen molar-refractivity contribution in [3.05, 3.63) is 39.9 Å². The lowest BCUT2D eigenvalue weighted by Crippen LogP contribution is -2.39. The molecule has 27 heavy (non-hydrogen) atoms. The average molecular weight is 489 g/mol. The van der Waals surface area contributed by atoms with Crippen molar-refractivity contribution in [1.29, 1.82) is 0 Å². The minimum Gasteiger partial charge on any atom is -0.357 e. The van der Waals surface area contributed by atoms with Crippen LogP contribution in [0.1, 0.15) is 38.7 Å². The third kappa shape index (κ3) is 8.42. The van der Waals surface area contributed by atoms with Gasteiger partial charge in [-0.15, -0.1) is 24.0 Å². The molecule has 1 aliphatic rings. The molecule has 1 aromatic carbocycles. The highest BCUT2D eigenvalue weighted by Gasteiger charge is 2.15. The van der Waals surface area contributed by atoms with Gasteiger partial charge in [-0.25, -0.2) is 4.99 Å². The van der Waals surface area contributed by atoms with E-state index in [1.54, 1.807) is 18.2 Å². The predicted molar refractivity (Wildman–Crippen MR) is 121 cm³/mol. The normalized spacial score (nSPS) is 15.9. The summed E-state index contributed by atoms with van der Waals surface area (Å²) in [6.07, 6.45) is 3.66. The number of guanidine groups is 1. The van der Waals surface area contributed by atoms with Crippen LogP contribution in [0.4, 0.5) is 5.69 Å².